The molecule has 0 heterocycles. The van der Waals surface area contributed by atoms with Crippen molar-refractivity contribution in [3.05, 3.63) is 27.7 Å². The summed E-state index contributed by atoms with van der Waals surface area (Å²) < 4.78 is 0.757. The number of carboxylic acid groups (broad SMARTS) is 1. The number of rotatable bonds is 5. The molecule has 0 unspecified atom stereocenters. The Labute approximate surface area is 130 Å². The summed E-state index contributed by atoms with van der Waals surface area (Å²) in [6, 6.07) is 4.41. The summed E-state index contributed by atoms with van der Waals surface area (Å²) >= 11 is 9.24. The van der Waals surface area contributed by atoms with Crippen molar-refractivity contribution in [3.63, 3.8) is 0 Å². The molecule has 110 valence electrons. The number of aliphatic carboxylic acids is 1. The van der Waals surface area contributed by atoms with Crippen LogP contribution in [0.2, 0.25) is 5.02 Å². The van der Waals surface area contributed by atoms with Gasteiger partial charge >= 0.3 is 12.0 Å². The lowest BCUT2D eigenvalue weighted by molar-refractivity contribution is -0.144. The van der Waals surface area contributed by atoms with Crippen molar-refractivity contribution < 1.29 is 14.7 Å². The molecule has 1 aromatic rings. The number of benzene rings is 1. The highest BCUT2D eigenvalue weighted by Gasteiger charge is 2.36. The molecule has 7 heteroatoms. The Bertz CT molecular complexity index is 518. The van der Waals surface area contributed by atoms with Gasteiger partial charge in [-0.2, -0.15) is 0 Å². The summed E-state index contributed by atoms with van der Waals surface area (Å²) in [7, 11) is 0. The molecular weight excluding hydrogens is 348 g/mol. The van der Waals surface area contributed by atoms with Crippen molar-refractivity contribution in [1.29, 1.82) is 0 Å². The van der Waals surface area contributed by atoms with Crippen molar-refractivity contribution in [3.8, 4) is 0 Å². The van der Waals surface area contributed by atoms with Crippen LogP contribution in [-0.4, -0.2) is 22.6 Å². The number of carbonyl (C=O) groups excluding carboxylic acids is 1. The minimum atomic E-state index is -1.28. The van der Waals surface area contributed by atoms with Gasteiger partial charge in [0.15, 0.2) is 0 Å². The zero-order valence-corrected chi connectivity index (χ0v) is 13.5. The first kappa shape index (κ1) is 16.8. The number of hydrogen-bond acceptors (Lipinski definition) is 2. The first-order valence-corrected chi connectivity index (χ1v) is 7.29. The van der Waals surface area contributed by atoms with Gasteiger partial charge in [0.05, 0.1) is 10.7 Å². The van der Waals surface area contributed by atoms with Crippen LogP contribution in [0.4, 0.5) is 10.5 Å². The summed E-state index contributed by atoms with van der Waals surface area (Å²) in [5.41, 5.74) is -0.868. The Morgan fingerprint density at radius 3 is 2.45 bits per heavy atom. The lowest BCUT2D eigenvalue weighted by atomic mass is 9.93. The van der Waals surface area contributed by atoms with Gasteiger partial charge in [-0.25, -0.2) is 9.59 Å². The average molecular weight is 364 g/mol. The molecule has 1 rings (SSSR count). The average Bonchev–Trinajstić information content (AvgIpc) is 2.40. The summed E-state index contributed by atoms with van der Waals surface area (Å²) in [5.74, 6) is -1.06. The van der Waals surface area contributed by atoms with Crippen LogP contribution >= 0.6 is 27.5 Å². The van der Waals surface area contributed by atoms with Crippen molar-refractivity contribution in [2.24, 2.45) is 0 Å². The smallest absolute Gasteiger partial charge is 0.329 e. The van der Waals surface area contributed by atoms with Crippen LogP contribution in [0, 0.1) is 0 Å². The topological polar surface area (TPSA) is 78.4 Å². The summed E-state index contributed by atoms with van der Waals surface area (Å²) in [4.78, 5) is 23.3. The van der Waals surface area contributed by atoms with Crippen LogP contribution in [0.5, 0.6) is 0 Å². The van der Waals surface area contributed by atoms with E-state index in [0.29, 0.717) is 23.6 Å². The van der Waals surface area contributed by atoms with Gasteiger partial charge in [0, 0.05) is 4.47 Å². The van der Waals surface area contributed by atoms with E-state index in [4.69, 9.17) is 11.6 Å². The van der Waals surface area contributed by atoms with E-state index >= 15 is 0 Å². The Hall–Kier alpha value is -1.27. The van der Waals surface area contributed by atoms with Gasteiger partial charge in [0.1, 0.15) is 5.54 Å². The second-order valence-corrected chi connectivity index (χ2v) is 5.62. The largest absolute Gasteiger partial charge is 0.480 e. The van der Waals surface area contributed by atoms with Crippen molar-refractivity contribution in [1.82, 2.24) is 5.32 Å². The lowest BCUT2D eigenvalue weighted by Gasteiger charge is -2.28. The van der Waals surface area contributed by atoms with Crippen LogP contribution in [0.1, 0.15) is 26.7 Å². The predicted octanol–water partition coefficient (Wildman–Crippen LogP) is 3.87. The van der Waals surface area contributed by atoms with Gasteiger partial charge in [-0.05, 0) is 31.0 Å². The molecule has 0 aliphatic carbocycles. The van der Waals surface area contributed by atoms with Gasteiger partial charge in [-0.15, -0.1) is 0 Å². The van der Waals surface area contributed by atoms with Crippen molar-refractivity contribution in [2.45, 2.75) is 32.2 Å². The molecule has 3 N–H and O–H groups in total. The standard InChI is InChI=1S/C13H16BrClN2O3/c1-3-13(4-2,11(18)19)17-12(20)16-10-7-8(14)5-6-9(10)15/h5-7H,3-4H2,1-2H3,(H,18,19)(H2,16,17,20). The number of urea groups is 1. The molecule has 20 heavy (non-hydrogen) atoms. The minimum Gasteiger partial charge on any atom is -0.480 e. The molecule has 0 aliphatic rings. The SMILES string of the molecule is CCC(CC)(NC(=O)Nc1cc(Br)ccc1Cl)C(=O)O. The first-order chi connectivity index (χ1) is 9.34. The van der Waals surface area contributed by atoms with Crippen LogP contribution < -0.4 is 10.6 Å². The molecule has 0 radical (unpaired) electrons. The number of anilines is 1. The fraction of sp³-hybridized carbons (Fsp3) is 0.385. The second-order valence-electron chi connectivity index (χ2n) is 4.30. The number of hydrogen-bond donors (Lipinski definition) is 3. The number of amides is 2. The highest BCUT2D eigenvalue weighted by Crippen LogP contribution is 2.26. The van der Waals surface area contributed by atoms with Gasteiger partial charge in [-0.1, -0.05) is 41.4 Å². The van der Waals surface area contributed by atoms with Crippen molar-refractivity contribution >= 4 is 45.2 Å². The third kappa shape index (κ3) is 3.86. The normalized spacial score (nSPS) is 11.0. The molecular formula is C13H16BrClN2O3. The molecule has 5 nitrogen and oxygen atoms in total. The van der Waals surface area contributed by atoms with Crippen molar-refractivity contribution in [2.75, 3.05) is 5.32 Å². The van der Waals surface area contributed by atoms with Gasteiger partial charge in [0.2, 0.25) is 0 Å². The zero-order chi connectivity index (χ0) is 15.3. The summed E-state index contributed by atoms with van der Waals surface area (Å²) in [6.07, 6.45) is 0.580. The molecule has 0 saturated carbocycles. The quantitative estimate of drug-likeness (QED) is 0.743. The minimum absolute atomic E-state index is 0.290. The van der Waals surface area contributed by atoms with E-state index < -0.39 is 17.5 Å². The highest BCUT2D eigenvalue weighted by atomic mass is 79.9. The maximum atomic E-state index is 12.0. The molecule has 0 fully saturated rings. The number of carbonyl (C=O) groups is 2. The van der Waals surface area contributed by atoms with E-state index in [0.717, 1.165) is 4.47 Å². The van der Waals surface area contributed by atoms with E-state index in [9.17, 15) is 14.7 Å². The van der Waals surface area contributed by atoms with Gasteiger partial charge in [0.25, 0.3) is 0 Å². The number of carboxylic acids is 1. The molecule has 0 bridgehead atoms. The number of halogens is 2. The number of nitrogens with one attached hydrogen (secondary N) is 2. The molecule has 0 aromatic heterocycles. The first-order valence-electron chi connectivity index (χ1n) is 6.12. The lowest BCUT2D eigenvalue weighted by Crippen LogP contribution is -2.55. The predicted molar refractivity (Wildman–Crippen MR) is 82.3 cm³/mol. The second kappa shape index (κ2) is 6.95. The van der Waals surface area contributed by atoms with E-state index in [1.807, 2.05) is 0 Å². The summed E-state index contributed by atoms with van der Waals surface area (Å²) in [6.45, 7) is 3.42. The molecule has 0 atom stereocenters. The molecule has 0 saturated heterocycles. The van der Waals surface area contributed by atoms with Crippen LogP contribution in [0.15, 0.2) is 22.7 Å². The Balaban J connectivity index is 2.86. The van der Waals surface area contributed by atoms with E-state index in [1.54, 1.807) is 32.0 Å². The highest BCUT2D eigenvalue weighted by molar-refractivity contribution is 9.10. The maximum absolute atomic E-state index is 12.0. The van der Waals surface area contributed by atoms with E-state index in [-0.39, 0.29) is 0 Å². The van der Waals surface area contributed by atoms with E-state index in [2.05, 4.69) is 26.6 Å². The molecule has 2 amide bonds. The Kier molecular flexibility index (Phi) is 5.83. The third-order valence-electron chi connectivity index (χ3n) is 3.15. The van der Waals surface area contributed by atoms with E-state index in [1.165, 1.54) is 0 Å². The van der Waals surface area contributed by atoms with Crippen LogP contribution in [-0.2, 0) is 4.79 Å². The Morgan fingerprint density at radius 1 is 1.35 bits per heavy atom. The molecule has 0 aliphatic heterocycles. The fourth-order valence-electron chi connectivity index (χ4n) is 1.75. The van der Waals surface area contributed by atoms with Crippen LogP contribution in [0.25, 0.3) is 0 Å². The Morgan fingerprint density at radius 2 is 1.95 bits per heavy atom. The molecule has 1 aromatic carbocycles. The fourth-order valence-corrected chi connectivity index (χ4v) is 2.27. The zero-order valence-electron chi connectivity index (χ0n) is 11.2. The monoisotopic (exact) mass is 362 g/mol. The van der Waals surface area contributed by atoms with Gasteiger partial charge in [-0.3, -0.25) is 0 Å². The van der Waals surface area contributed by atoms with Gasteiger partial charge < -0.3 is 15.7 Å². The molecule has 0 spiro atoms. The third-order valence-corrected chi connectivity index (χ3v) is 3.97. The maximum Gasteiger partial charge on any atom is 0.329 e. The van der Waals surface area contributed by atoms with Crippen LogP contribution in [0.3, 0.4) is 0 Å². The summed E-state index contributed by atoms with van der Waals surface area (Å²) in [5, 5.41) is 14.7.